The smallest absolute Gasteiger partial charge is 0.254 e. The zero-order chi connectivity index (χ0) is 13.9. The fourth-order valence-electron chi connectivity index (χ4n) is 3.26. The third-order valence-corrected chi connectivity index (χ3v) is 4.31. The highest BCUT2D eigenvalue weighted by Gasteiger charge is 2.29. The van der Waals surface area contributed by atoms with Crippen molar-refractivity contribution < 1.29 is 9.18 Å². The molecule has 1 amide bonds. The Kier molecular flexibility index (Phi) is 3.96. The van der Waals surface area contributed by atoms with Crippen molar-refractivity contribution >= 4 is 5.91 Å². The molecular formula is C15H20FN3O. The van der Waals surface area contributed by atoms with Crippen LogP contribution in [0.2, 0.25) is 0 Å². The fraction of sp³-hybridized carbons (Fsp3) is 0.600. The Hall–Kier alpha value is -1.49. The first-order chi connectivity index (χ1) is 9.74. The summed E-state index contributed by atoms with van der Waals surface area (Å²) in [7, 11) is 0. The van der Waals surface area contributed by atoms with Crippen LogP contribution in [0.3, 0.4) is 0 Å². The summed E-state index contributed by atoms with van der Waals surface area (Å²) in [4.78, 5) is 20.3. The molecule has 20 heavy (non-hydrogen) atoms. The molecule has 1 aromatic rings. The highest BCUT2D eigenvalue weighted by atomic mass is 19.1. The summed E-state index contributed by atoms with van der Waals surface area (Å²) < 4.78 is 13.1. The van der Waals surface area contributed by atoms with E-state index in [1.807, 2.05) is 4.90 Å². The van der Waals surface area contributed by atoms with Gasteiger partial charge >= 0.3 is 0 Å². The molecule has 2 aliphatic heterocycles. The van der Waals surface area contributed by atoms with Crippen LogP contribution >= 0.6 is 0 Å². The largest absolute Gasteiger partial charge is 0.337 e. The molecule has 1 unspecified atom stereocenters. The lowest BCUT2D eigenvalue weighted by molar-refractivity contribution is 0.0607. The fourth-order valence-corrected chi connectivity index (χ4v) is 3.26. The van der Waals surface area contributed by atoms with Gasteiger partial charge in [0.1, 0.15) is 0 Å². The van der Waals surface area contributed by atoms with Crippen molar-refractivity contribution in [3.8, 4) is 0 Å². The SMILES string of the molecule is O=C(c1ccnc(F)c1)N1CCCC(N2CCCC2)C1. The summed E-state index contributed by atoms with van der Waals surface area (Å²) in [5, 5.41) is 0. The van der Waals surface area contributed by atoms with Crippen molar-refractivity contribution in [2.24, 2.45) is 0 Å². The zero-order valence-electron chi connectivity index (χ0n) is 11.6. The summed E-state index contributed by atoms with van der Waals surface area (Å²) in [6.45, 7) is 3.84. The number of piperidine rings is 1. The molecule has 3 heterocycles. The Labute approximate surface area is 118 Å². The van der Waals surface area contributed by atoms with Gasteiger partial charge in [0.15, 0.2) is 0 Å². The monoisotopic (exact) mass is 277 g/mol. The minimum Gasteiger partial charge on any atom is -0.337 e. The molecule has 3 rings (SSSR count). The molecule has 5 heteroatoms. The summed E-state index contributed by atoms with van der Waals surface area (Å²) in [6.07, 6.45) is 6.07. The molecule has 0 spiro atoms. The Morgan fingerprint density at radius 3 is 2.80 bits per heavy atom. The highest BCUT2D eigenvalue weighted by Crippen LogP contribution is 2.21. The maximum Gasteiger partial charge on any atom is 0.254 e. The minimum absolute atomic E-state index is 0.0739. The molecular weight excluding hydrogens is 257 g/mol. The van der Waals surface area contributed by atoms with Crippen LogP contribution in [0.15, 0.2) is 18.3 Å². The lowest BCUT2D eigenvalue weighted by Crippen LogP contribution is -2.49. The first-order valence-corrected chi connectivity index (χ1v) is 7.39. The molecule has 2 aliphatic rings. The van der Waals surface area contributed by atoms with Gasteiger partial charge in [-0.05, 0) is 44.8 Å². The molecule has 0 saturated carbocycles. The molecule has 2 fully saturated rings. The lowest BCUT2D eigenvalue weighted by Gasteiger charge is -2.37. The average Bonchev–Trinajstić information content (AvgIpc) is 3.01. The molecule has 108 valence electrons. The lowest BCUT2D eigenvalue weighted by atomic mass is 10.0. The van der Waals surface area contributed by atoms with E-state index in [9.17, 15) is 9.18 Å². The molecule has 0 N–H and O–H groups in total. The van der Waals surface area contributed by atoms with Crippen LogP contribution in [0, 0.1) is 5.95 Å². The van der Waals surface area contributed by atoms with Crippen LogP contribution in [0.25, 0.3) is 0 Å². The second-order valence-electron chi connectivity index (χ2n) is 5.66. The van der Waals surface area contributed by atoms with Crippen molar-refractivity contribution in [1.29, 1.82) is 0 Å². The van der Waals surface area contributed by atoms with E-state index < -0.39 is 5.95 Å². The van der Waals surface area contributed by atoms with Gasteiger partial charge in [-0.1, -0.05) is 0 Å². The molecule has 1 atom stereocenters. The summed E-state index contributed by atoms with van der Waals surface area (Å²) in [5.41, 5.74) is 0.402. The highest BCUT2D eigenvalue weighted by molar-refractivity contribution is 5.94. The molecule has 1 aromatic heterocycles. The number of pyridine rings is 1. The van der Waals surface area contributed by atoms with Crippen LogP contribution in [0.4, 0.5) is 4.39 Å². The van der Waals surface area contributed by atoms with Gasteiger partial charge in [0, 0.05) is 37.0 Å². The Morgan fingerprint density at radius 2 is 2.05 bits per heavy atom. The standard InChI is InChI=1S/C15H20FN3O/c16-14-10-12(5-6-17-14)15(20)19-9-3-4-13(11-19)18-7-1-2-8-18/h5-6,10,13H,1-4,7-9,11H2. The number of halogens is 1. The topological polar surface area (TPSA) is 36.4 Å². The number of hydrogen-bond acceptors (Lipinski definition) is 3. The molecule has 2 saturated heterocycles. The number of amides is 1. The number of carbonyl (C=O) groups excluding carboxylic acids is 1. The molecule has 0 bridgehead atoms. The third kappa shape index (κ3) is 2.82. The minimum atomic E-state index is -0.594. The van der Waals surface area contributed by atoms with E-state index in [2.05, 4.69) is 9.88 Å². The Morgan fingerprint density at radius 1 is 1.25 bits per heavy atom. The van der Waals surface area contributed by atoms with Crippen molar-refractivity contribution in [3.05, 3.63) is 29.8 Å². The van der Waals surface area contributed by atoms with E-state index in [4.69, 9.17) is 0 Å². The first kappa shape index (κ1) is 13.5. The maximum atomic E-state index is 13.1. The predicted molar refractivity (Wildman–Crippen MR) is 73.9 cm³/mol. The van der Waals surface area contributed by atoms with Crippen LogP contribution in [0.1, 0.15) is 36.0 Å². The van der Waals surface area contributed by atoms with E-state index in [0.717, 1.165) is 39.0 Å². The first-order valence-electron chi connectivity index (χ1n) is 7.39. The molecule has 4 nitrogen and oxygen atoms in total. The van der Waals surface area contributed by atoms with Crippen molar-refractivity contribution in [2.75, 3.05) is 26.2 Å². The second-order valence-corrected chi connectivity index (χ2v) is 5.66. The molecule has 0 aliphatic carbocycles. The number of likely N-dealkylation sites (tertiary alicyclic amines) is 2. The summed E-state index contributed by atoms with van der Waals surface area (Å²) in [6, 6.07) is 3.29. The number of hydrogen-bond donors (Lipinski definition) is 0. The van der Waals surface area contributed by atoms with Crippen LogP contribution in [-0.4, -0.2) is 52.9 Å². The van der Waals surface area contributed by atoms with E-state index in [1.54, 1.807) is 6.07 Å². The van der Waals surface area contributed by atoms with Crippen molar-refractivity contribution in [2.45, 2.75) is 31.7 Å². The van der Waals surface area contributed by atoms with Gasteiger partial charge in [0.2, 0.25) is 5.95 Å². The van der Waals surface area contributed by atoms with E-state index in [0.29, 0.717) is 11.6 Å². The van der Waals surface area contributed by atoms with Gasteiger partial charge in [-0.3, -0.25) is 9.69 Å². The molecule has 0 radical (unpaired) electrons. The number of nitrogens with zero attached hydrogens (tertiary/aromatic N) is 3. The van der Waals surface area contributed by atoms with Gasteiger partial charge in [-0.2, -0.15) is 4.39 Å². The average molecular weight is 277 g/mol. The van der Waals surface area contributed by atoms with E-state index in [1.165, 1.54) is 25.1 Å². The van der Waals surface area contributed by atoms with Gasteiger partial charge in [-0.25, -0.2) is 4.98 Å². The van der Waals surface area contributed by atoms with Gasteiger partial charge in [0.05, 0.1) is 0 Å². The summed E-state index contributed by atoms with van der Waals surface area (Å²) in [5.74, 6) is -0.667. The zero-order valence-corrected chi connectivity index (χ0v) is 11.6. The number of aromatic nitrogens is 1. The van der Waals surface area contributed by atoms with Crippen LogP contribution in [0.5, 0.6) is 0 Å². The molecule has 0 aromatic carbocycles. The predicted octanol–water partition coefficient (Wildman–Crippen LogP) is 1.92. The van der Waals surface area contributed by atoms with Crippen LogP contribution in [-0.2, 0) is 0 Å². The van der Waals surface area contributed by atoms with Gasteiger partial charge < -0.3 is 4.90 Å². The van der Waals surface area contributed by atoms with Crippen LogP contribution < -0.4 is 0 Å². The maximum absolute atomic E-state index is 13.1. The van der Waals surface area contributed by atoms with E-state index in [-0.39, 0.29) is 5.91 Å². The second kappa shape index (κ2) is 5.87. The van der Waals surface area contributed by atoms with Crippen molar-refractivity contribution in [3.63, 3.8) is 0 Å². The quantitative estimate of drug-likeness (QED) is 0.775. The van der Waals surface area contributed by atoms with E-state index >= 15 is 0 Å². The Balaban J connectivity index is 1.68. The third-order valence-electron chi connectivity index (χ3n) is 4.31. The van der Waals surface area contributed by atoms with Gasteiger partial charge in [-0.15, -0.1) is 0 Å². The summed E-state index contributed by atoms with van der Waals surface area (Å²) >= 11 is 0. The van der Waals surface area contributed by atoms with Crippen molar-refractivity contribution in [1.82, 2.24) is 14.8 Å². The number of rotatable bonds is 2. The Bertz CT molecular complexity index is 488. The normalized spacial score (nSPS) is 24.1. The number of carbonyl (C=O) groups is 1. The van der Waals surface area contributed by atoms with Gasteiger partial charge in [0.25, 0.3) is 5.91 Å².